The second-order valence-electron chi connectivity index (χ2n) is 5.31. The molecule has 2 aromatic rings. The van der Waals surface area contributed by atoms with E-state index in [-0.39, 0.29) is 11.6 Å². The lowest BCUT2D eigenvalue weighted by Crippen LogP contribution is -2.20. The van der Waals surface area contributed by atoms with Crippen LogP contribution in [0.2, 0.25) is 0 Å². The molecule has 0 aliphatic carbocycles. The molecule has 0 amide bonds. The summed E-state index contributed by atoms with van der Waals surface area (Å²) in [6, 6.07) is 10.9. The van der Waals surface area contributed by atoms with Crippen molar-refractivity contribution in [2.75, 3.05) is 11.4 Å². The number of nitrogens with zero attached hydrogens (tertiary/aromatic N) is 1. The molecule has 0 N–H and O–H groups in total. The lowest BCUT2D eigenvalue weighted by atomic mass is 10.1. The van der Waals surface area contributed by atoms with Crippen LogP contribution < -0.4 is 4.90 Å². The highest BCUT2D eigenvalue weighted by atomic mass is 79.9. The van der Waals surface area contributed by atoms with Crippen LogP contribution in [-0.2, 0) is 13.0 Å². The van der Waals surface area contributed by atoms with E-state index in [2.05, 4.69) is 20.8 Å². The summed E-state index contributed by atoms with van der Waals surface area (Å²) in [5.74, 6) is -0.117. The first-order valence-corrected chi connectivity index (χ1v) is 7.66. The summed E-state index contributed by atoms with van der Waals surface area (Å²) >= 11 is 3.27. The van der Waals surface area contributed by atoms with E-state index < -0.39 is 0 Å². The number of benzene rings is 2. The number of ketones is 1. The van der Waals surface area contributed by atoms with Crippen LogP contribution in [0.15, 0.2) is 40.9 Å². The van der Waals surface area contributed by atoms with E-state index >= 15 is 0 Å². The molecule has 0 unspecified atom stereocenters. The molecule has 0 atom stereocenters. The zero-order chi connectivity index (χ0) is 15.0. The van der Waals surface area contributed by atoms with Gasteiger partial charge < -0.3 is 4.90 Å². The van der Waals surface area contributed by atoms with Gasteiger partial charge in [-0.2, -0.15) is 0 Å². The average Bonchev–Trinajstić information content (AvgIpc) is 2.84. The molecule has 21 heavy (non-hydrogen) atoms. The number of hydrogen-bond donors (Lipinski definition) is 0. The van der Waals surface area contributed by atoms with E-state index in [0.717, 1.165) is 28.7 Å². The van der Waals surface area contributed by atoms with Gasteiger partial charge in [0.2, 0.25) is 0 Å². The van der Waals surface area contributed by atoms with Crippen LogP contribution in [0, 0.1) is 5.82 Å². The Balaban J connectivity index is 1.86. The molecule has 0 spiro atoms. The third-order valence-corrected chi connectivity index (χ3v) is 4.35. The molecule has 0 saturated carbocycles. The van der Waals surface area contributed by atoms with Crippen LogP contribution in [-0.4, -0.2) is 12.3 Å². The molecule has 4 heteroatoms. The second kappa shape index (κ2) is 5.60. The zero-order valence-electron chi connectivity index (χ0n) is 11.7. The molecule has 108 valence electrons. The number of carbonyl (C=O) groups is 1. The minimum atomic E-state index is -0.196. The van der Waals surface area contributed by atoms with Crippen LogP contribution in [0.5, 0.6) is 0 Å². The van der Waals surface area contributed by atoms with Crippen molar-refractivity contribution in [2.45, 2.75) is 19.9 Å². The van der Waals surface area contributed by atoms with E-state index in [4.69, 9.17) is 0 Å². The van der Waals surface area contributed by atoms with Crippen molar-refractivity contribution in [3.63, 3.8) is 0 Å². The van der Waals surface area contributed by atoms with E-state index in [1.165, 1.54) is 11.6 Å². The third kappa shape index (κ3) is 2.86. The van der Waals surface area contributed by atoms with Crippen molar-refractivity contribution >= 4 is 27.4 Å². The predicted molar refractivity (Wildman–Crippen MR) is 85.3 cm³/mol. The highest BCUT2D eigenvalue weighted by molar-refractivity contribution is 9.10. The number of anilines is 1. The summed E-state index contributed by atoms with van der Waals surface area (Å²) in [5, 5.41) is 0. The molecule has 0 radical (unpaired) electrons. The molecule has 0 aromatic heterocycles. The van der Waals surface area contributed by atoms with E-state index in [9.17, 15) is 9.18 Å². The van der Waals surface area contributed by atoms with Gasteiger partial charge in [-0.3, -0.25) is 4.79 Å². The lowest BCUT2D eigenvalue weighted by Gasteiger charge is -2.20. The molecule has 1 heterocycles. The fraction of sp³-hybridized carbons (Fsp3) is 0.235. The number of hydrogen-bond acceptors (Lipinski definition) is 2. The summed E-state index contributed by atoms with van der Waals surface area (Å²) in [6.07, 6.45) is 0.897. The molecule has 1 aliphatic rings. The zero-order valence-corrected chi connectivity index (χ0v) is 13.3. The molecule has 3 rings (SSSR count). The summed E-state index contributed by atoms with van der Waals surface area (Å²) in [4.78, 5) is 13.6. The summed E-state index contributed by atoms with van der Waals surface area (Å²) in [7, 11) is 0. The van der Waals surface area contributed by atoms with Crippen molar-refractivity contribution in [1.29, 1.82) is 0 Å². The molecule has 1 aliphatic heterocycles. The first kappa shape index (κ1) is 14.3. The largest absolute Gasteiger partial charge is 0.367 e. The predicted octanol–water partition coefficient (Wildman–Crippen LogP) is 4.35. The van der Waals surface area contributed by atoms with Gasteiger partial charge in [-0.05, 0) is 49.2 Å². The molecule has 0 fully saturated rings. The van der Waals surface area contributed by atoms with Crippen molar-refractivity contribution in [3.8, 4) is 0 Å². The quantitative estimate of drug-likeness (QED) is 0.769. The van der Waals surface area contributed by atoms with Gasteiger partial charge in [0.15, 0.2) is 5.78 Å². The molecule has 0 saturated heterocycles. The van der Waals surface area contributed by atoms with Crippen molar-refractivity contribution in [1.82, 2.24) is 0 Å². The van der Waals surface area contributed by atoms with Crippen LogP contribution in [0.3, 0.4) is 0 Å². The van der Waals surface area contributed by atoms with Gasteiger partial charge in [-0.25, -0.2) is 4.39 Å². The standard InChI is InChI=1S/C17H15BrFNO/c1-11(21)12-3-5-17-13(8-12)6-7-20(17)10-14-2-4-15(18)9-16(14)19/h2-5,8-9H,6-7,10H2,1H3. The molecular weight excluding hydrogens is 333 g/mol. The summed E-state index contributed by atoms with van der Waals surface area (Å²) in [5.41, 5.74) is 3.69. The van der Waals surface area contributed by atoms with Gasteiger partial charge in [0.05, 0.1) is 0 Å². The maximum absolute atomic E-state index is 13.9. The second-order valence-corrected chi connectivity index (χ2v) is 6.22. The monoisotopic (exact) mass is 347 g/mol. The Bertz CT molecular complexity index is 714. The van der Waals surface area contributed by atoms with Gasteiger partial charge in [0, 0.05) is 34.4 Å². The topological polar surface area (TPSA) is 20.3 Å². The normalized spacial score (nSPS) is 13.4. The number of halogens is 2. The lowest BCUT2D eigenvalue weighted by molar-refractivity contribution is 0.101. The van der Waals surface area contributed by atoms with Gasteiger partial charge in [0.25, 0.3) is 0 Å². The van der Waals surface area contributed by atoms with Crippen molar-refractivity contribution in [3.05, 3.63) is 63.4 Å². The summed E-state index contributed by atoms with van der Waals surface area (Å²) in [6.45, 7) is 2.98. The van der Waals surface area contributed by atoms with E-state index in [0.29, 0.717) is 12.1 Å². The minimum absolute atomic E-state index is 0.0789. The van der Waals surface area contributed by atoms with Gasteiger partial charge in [-0.1, -0.05) is 22.0 Å². The average molecular weight is 348 g/mol. The maximum atomic E-state index is 13.9. The minimum Gasteiger partial charge on any atom is -0.367 e. The molecule has 0 bridgehead atoms. The van der Waals surface area contributed by atoms with Gasteiger partial charge in [-0.15, -0.1) is 0 Å². The molecule has 2 nitrogen and oxygen atoms in total. The van der Waals surface area contributed by atoms with Crippen molar-refractivity contribution in [2.24, 2.45) is 0 Å². The Kier molecular flexibility index (Phi) is 3.81. The highest BCUT2D eigenvalue weighted by Gasteiger charge is 2.21. The van der Waals surface area contributed by atoms with Gasteiger partial charge in [0.1, 0.15) is 5.82 Å². The Hall–Kier alpha value is -1.68. The maximum Gasteiger partial charge on any atom is 0.159 e. The number of Topliss-reactive ketones (excluding diaryl/α,β-unsaturated/α-hetero) is 1. The fourth-order valence-corrected chi connectivity index (χ4v) is 3.04. The first-order chi connectivity index (χ1) is 10.0. The number of carbonyl (C=O) groups excluding carboxylic acids is 1. The van der Waals surface area contributed by atoms with Gasteiger partial charge >= 0.3 is 0 Å². The SMILES string of the molecule is CC(=O)c1ccc2c(c1)CCN2Cc1ccc(Br)cc1F. The Morgan fingerprint density at radius 1 is 1.29 bits per heavy atom. The molecule has 2 aromatic carbocycles. The first-order valence-electron chi connectivity index (χ1n) is 6.87. The number of fused-ring (bicyclic) bond motifs is 1. The van der Waals surface area contributed by atoms with Crippen LogP contribution in [0.1, 0.15) is 28.4 Å². The Morgan fingerprint density at radius 3 is 2.81 bits per heavy atom. The third-order valence-electron chi connectivity index (χ3n) is 3.85. The van der Waals surface area contributed by atoms with Crippen LogP contribution in [0.4, 0.5) is 10.1 Å². The smallest absolute Gasteiger partial charge is 0.159 e. The van der Waals surface area contributed by atoms with Crippen LogP contribution >= 0.6 is 15.9 Å². The highest BCUT2D eigenvalue weighted by Crippen LogP contribution is 2.31. The van der Waals surface area contributed by atoms with E-state index in [1.54, 1.807) is 13.0 Å². The number of rotatable bonds is 3. The van der Waals surface area contributed by atoms with E-state index in [1.807, 2.05) is 24.3 Å². The Morgan fingerprint density at radius 2 is 2.10 bits per heavy atom. The molecular formula is C17H15BrFNO. The van der Waals surface area contributed by atoms with Crippen LogP contribution in [0.25, 0.3) is 0 Å². The van der Waals surface area contributed by atoms with Crippen molar-refractivity contribution < 1.29 is 9.18 Å². The fourth-order valence-electron chi connectivity index (χ4n) is 2.71. The summed E-state index contributed by atoms with van der Waals surface area (Å²) < 4.78 is 14.7. The Labute approximate surface area is 131 Å².